The molecular weight excluding hydrogens is 300 g/mol. The molecule has 0 radical (unpaired) electrons. The third-order valence-electron chi connectivity index (χ3n) is 3.14. The minimum atomic E-state index is -3.74. The zero-order valence-corrected chi connectivity index (χ0v) is 12.9. The van der Waals surface area contributed by atoms with E-state index in [2.05, 4.69) is 4.98 Å². The van der Waals surface area contributed by atoms with Crippen molar-refractivity contribution in [2.75, 3.05) is 26.1 Å². The highest BCUT2D eigenvalue weighted by molar-refractivity contribution is 7.98. The van der Waals surface area contributed by atoms with Crippen LogP contribution in [-0.4, -0.2) is 39.5 Å². The molecule has 1 aliphatic heterocycles. The van der Waals surface area contributed by atoms with Gasteiger partial charge in [-0.05, 0) is 31.1 Å². The molecule has 0 aliphatic carbocycles. The molecular formula is C12H18N2O4S2. The third kappa shape index (κ3) is 4.08. The van der Waals surface area contributed by atoms with Crippen LogP contribution in [0.2, 0.25) is 0 Å². The molecule has 0 spiro atoms. The summed E-state index contributed by atoms with van der Waals surface area (Å²) in [6.45, 7) is 2.10. The number of rotatable bonds is 5. The quantitative estimate of drug-likeness (QED) is 0.822. The summed E-state index contributed by atoms with van der Waals surface area (Å²) in [7, 11) is -3.74. The van der Waals surface area contributed by atoms with Gasteiger partial charge >= 0.3 is 0 Å². The lowest BCUT2D eigenvalue weighted by Gasteiger charge is -2.22. The maximum Gasteiger partial charge on any atom is 0.239 e. The summed E-state index contributed by atoms with van der Waals surface area (Å²) in [6.07, 6.45) is 5.02. The molecule has 1 saturated heterocycles. The van der Waals surface area contributed by atoms with Crippen LogP contribution >= 0.6 is 11.8 Å². The summed E-state index contributed by atoms with van der Waals surface area (Å²) >= 11 is 1.38. The Labute approximate surface area is 123 Å². The van der Waals surface area contributed by atoms with Gasteiger partial charge in [-0.15, -0.1) is 11.8 Å². The first kappa shape index (κ1) is 15.6. The number of nitrogens with two attached hydrogens (primary N) is 1. The minimum Gasteiger partial charge on any atom is -0.477 e. The smallest absolute Gasteiger partial charge is 0.239 e. The molecule has 0 aromatic carbocycles. The van der Waals surface area contributed by atoms with E-state index in [1.165, 1.54) is 24.0 Å². The maximum absolute atomic E-state index is 11.3. The van der Waals surface area contributed by atoms with Crippen molar-refractivity contribution in [3.05, 3.63) is 12.3 Å². The van der Waals surface area contributed by atoms with Crippen molar-refractivity contribution in [2.24, 2.45) is 11.1 Å². The fourth-order valence-corrected chi connectivity index (χ4v) is 3.02. The number of primary sulfonamides is 1. The standard InChI is InChI=1S/C12H18N2O4S2/c1-19-11-6-10(20(13,15)16)7-14-12(11)18-8-9-2-4-17-5-3-9/h6-7,9H,2-5,8H2,1H3,(H2,13,15,16). The number of aromatic nitrogens is 1. The minimum absolute atomic E-state index is 0.000247. The second-order valence-electron chi connectivity index (χ2n) is 4.59. The van der Waals surface area contributed by atoms with E-state index in [0.29, 0.717) is 23.3 Å². The largest absolute Gasteiger partial charge is 0.477 e. The summed E-state index contributed by atoms with van der Waals surface area (Å²) in [5.74, 6) is 0.912. The van der Waals surface area contributed by atoms with Gasteiger partial charge in [0.1, 0.15) is 4.90 Å². The van der Waals surface area contributed by atoms with Crippen molar-refractivity contribution in [1.29, 1.82) is 0 Å². The van der Waals surface area contributed by atoms with Crippen molar-refractivity contribution in [1.82, 2.24) is 4.98 Å². The Balaban J connectivity index is 2.07. The molecule has 0 atom stereocenters. The summed E-state index contributed by atoms with van der Waals surface area (Å²) in [5.41, 5.74) is 0. The number of nitrogens with zero attached hydrogens (tertiary/aromatic N) is 1. The lowest BCUT2D eigenvalue weighted by molar-refractivity contribution is 0.0485. The molecule has 1 fully saturated rings. The van der Waals surface area contributed by atoms with Gasteiger partial charge in [-0.1, -0.05) is 0 Å². The molecule has 6 nitrogen and oxygen atoms in total. The van der Waals surface area contributed by atoms with E-state index in [-0.39, 0.29) is 4.90 Å². The van der Waals surface area contributed by atoms with Gasteiger partial charge in [-0.3, -0.25) is 0 Å². The Morgan fingerprint density at radius 3 is 2.80 bits per heavy atom. The van der Waals surface area contributed by atoms with Crippen LogP contribution in [0.5, 0.6) is 5.88 Å². The molecule has 2 N–H and O–H groups in total. The van der Waals surface area contributed by atoms with Crippen LogP contribution in [0.15, 0.2) is 22.1 Å². The van der Waals surface area contributed by atoms with Crippen LogP contribution < -0.4 is 9.88 Å². The van der Waals surface area contributed by atoms with E-state index in [0.717, 1.165) is 26.1 Å². The number of hydrogen-bond donors (Lipinski definition) is 1. The topological polar surface area (TPSA) is 91.5 Å². The Morgan fingerprint density at radius 2 is 2.20 bits per heavy atom. The highest BCUT2D eigenvalue weighted by Crippen LogP contribution is 2.28. The molecule has 0 saturated carbocycles. The number of thioether (sulfide) groups is 1. The number of sulfonamides is 1. The monoisotopic (exact) mass is 318 g/mol. The maximum atomic E-state index is 11.3. The first-order valence-electron chi connectivity index (χ1n) is 6.28. The van der Waals surface area contributed by atoms with Gasteiger partial charge in [-0.2, -0.15) is 0 Å². The van der Waals surface area contributed by atoms with Crippen LogP contribution in [0.1, 0.15) is 12.8 Å². The fourth-order valence-electron chi connectivity index (χ4n) is 1.93. The molecule has 2 heterocycles. The molecule has 112 valence electrons. The summed E-state index contributed by atoms with van der Waals surface area (Å²) in [6, 6.07) is 1.49. The molecule has 1 aliphatic rings. The number of pyridine rings is 1. The average Bonchev–Trinajstić information content (AvgIpc) is 2.45. The Morgan fingerprint density at radius 1 is 1.50 bits per heavy atom. The molecule has 2 rings (SSSR count). The van der Waals surface area contributed by atoms with E-state index >= 15 is 0 Å². The summed E-state index contributed by atoms with van der Waals surface area (Å²) in [5, 5.41) is 5.09. The zero-order valence-electron chi connectivity index (χ0n) is 11.2. The number of ether oxygens (including phenoxy) is 2. The van der Waals surface area contributed by atoms with Crippen molar-refractivity contribution >= 4 is 21.8 Å². The molecule has 0 unspecified atom stereocenters. The van der Waals surface area contributed by atoms with E-state index < -0.39 is 10.0 Å². The van der Waals surface area contributed by atoms with Gasteiger partial charge in [0.15, 0.2) is 0 Å². The summed E-state index contributed by atoms with van der Waals surface area (Å²) in [4.78, 5) is 4.74. The Hall–Kier alpha value is -0.830. The highest BCUT2D eigenvalue weighted by atomic mass is 32.2. The van der Waals surface area contributed by atoms with Gasteiger partial charge in [0.25, 0.3) is 0 Å². The lowest BCUT2D eigenvalue weighted by Crippen LogP contribution is -2.22. The van der Waals surface area contributed by atoms with Crippen molar-refractivity contribution in [2.45, 2.75) is 22.6 Å². The van der Waals surface area contributed by atoms with Crippen molar-refractivity contribution in [3.8, 4) is 5.88 Å². The van der Waals surface area contributed by atoms with Gasteiger partial charge in [0.05, 0.1) is 17.7 Å². The second-order valence-corrected chi connectivity index (χ2v) is 7.00. The van der Waals surface area contributed by atoms with Crippen LogP contribution in [0, 0.1) is 5.92 Å². The molecule has 20 heavy (non-hydrogen) atoms. The zero-order chi connectivity index (χ0) is 14.6. The molecule has 8 heteroatoms. The van der Waals surface area contributed by atoms with E-state index in [4.69, 9.17) is 14.6 Å². The van der Waals surface area contributed by atoms with E-state index in [1.54, 1.807) is 0 Å². The SMILES string of the molecule is CSc1cc(S(N)(=O)=O)cnc1OCC1CCOCC1. The summed E-state index contributed by atoms with van der Waals surface area (Å²) < 4.78 is 33.6. The highest BCUT2D eigenvalue weighted by Gasteiger charge is 2.17. The Bertz CT molecular complexity index is 557. The molecule has 1 aromatic rings. The first-order valence-corrected chi connectivity index (χ1v) is 9.05. The Kier molecular flexibility index (Phi) is 5.25. The fraction of sp³-hybridized carbons (Fsp3) is 0.583. The van der Waals surface area contributed by atoms with Gasteiger partial charge in [-0.25, -0.2) is 18.5 Å². The number of hydrogen-bond acceptors (Lipinski definition) is 6. The molecule has 0 bridgehead atoms. The van der Waals surface area contributed by atoms with E-state index in [1.807, 2.05) is 6.26 Å². The van der Waals surface area contributed by atoms with Gasteiger partial charge in [0, 0.05) is 13.2 Å². The van der Waals surface area contributed by atoms with Gasteiger partial charge < -0.3 is 9.47 Å². The van der Waals surface area contributed by atoms with Crippen LogP contribution in [0.4, 0.5) is 0 Å². The van der Waals surface area contributed by atoms with Crippen LogP contribution in [0.25, 0.3) is 0 Å². The van der Waals surface area contributed by atoms with Crippen LogP contribution in [0.3, 0.4) is 0 Å². The predicted molar refractivity (Wildman–Crippen MR) is 76.4 cm³/mol. The third-order valence-corrected chi connectivity index (χ3v) is 4.75. The predicted octanol–water partition coefficient (Wildman–Crippen LogP) is 1.26. The van der Waals surface area contributed by atoms with Gasteiger partial charge in [0.2, 0.25) is 15.9 Å². The van der Waals surface area contributed by atoms with Crippen molar-refractivity contribution in [3.63, 3.8) is 0 Å². The lowest BCUT2D eigenvalue weighted by atomic mass is 10.0. The molecule has 0 amide bonds. The van der Waals surface area contributed by atoms with E-state index in [9.17, 15) is 8.42 Å². The molecule has 1 aromatic heterocycles. The first-order chi connectivity index (χ1) is 9.50. The second kappa shape index (κ2) is 6.75. The normalized spacial score (nSPS) is 17.1. The van der Waals surface area contributed by atoms with Crippen molar-refractivity contribution < 1.29 is 17.9 Å². The van der Waals surface area contributed by atoms with Crippen LogP contribution in [-0.2, 0) is 14.8 Å². The average molecular weight is 318 g/mol.